The monoisotopic (exact) mass is 448 g/mol. The Bertz CT molecular complexity index is 1260. The minimum Gasteiger partial charge on any atom is -0.480 e. The smallest absolute Gasteiger partial charge is 0.349 e. The van der Waals surface area contributed by atoms with Crippen molar-refractivity contribution in [3.8, 4) is 29.3 Å². The summed E-state index contributed by atoms with van der Waals surface area (Å²) in [6.45, 7) is 3.92. The van der Waals surface area contributed by atoms with Gasteiger partial charge in [-0.1, -0.05) is 37.0 Å². The van der Waals surface area contributed by atoms with Crippen molar-refractivity contribution in [2.45, 2.75) is 19.8 Å². The molecule has 0 radical (unpaired) electrons. The molecule has 2 aromatic heterocycles. The van der Waals surface area contributed by atoms with Gasteiger partial charge in [-0.25, -0.2) is 4.79 Å². The van der Waals surface area contributed by atoms with E-state index in [0.717, 1.165) is 10.2 Å². The van der Waals surface area contributed by atoms with Gasteiger partial charge in [0.15, 0.2) is 5.75 Å². The Labute approximate surface area is 179 Å². The molecule has 12 heteroatoms. The van der Waals surface area contributed by atoms with E-state index in [2.05, 4.69) is 15.3 Å². The zero-order valence-corrected chi connectivity index (χ0v) is 17.4. The minimum atomic E-state index is -0.894. The largest absolute Gasteiger partial charge is 0.480 e. The van der Waals surface area contributed by atoms with Crippen LogP contribution < -0.4 is 20.7 Å². The van der Waals surface area contributed by atoms with Gasteiger partial charge in [0.25, 0.3) is 5.56 Å². The molecule has 0 unspecified atom stereocenters. The maximum Gasteiger partial charge on any atom is 0.349 e. The van der Waals surface area contributed by atoms with Crippen molar-refractivity contribution >= 4 is 23.2 Å². The van der Waals surface area contributed by atoms with Crippen molar-refractivity contribution in [3.05, 3.63) is 60.3 Å². The summed E-state index contributed by atoms with van der Waals surface area (Å²) in [5, 5.41) is 20.7. The number of ether oxygens (including phenoxy) is 2. The van der Waals surface area contributed by atoms with Crippen LogP contribution in [0.25, 0.3) is 5.69 Å². The average molecular weight is 449 g/mol. The van der Waals surface area contributed by atoms with Crippen LogP contribution >= 0.6 is 23.2 Å². The molecule has 154 valence electrons. The Morgan fingerprint density at radius 1 is 1.17 bits per heavy atom. The number of halogens is 2. The van der Waals surface area contributed by atoms with E-state index in [9.17, 15) is 9.59 Å². The number of aromatic amines is 1. The number of nitriles is 1. The Morgan fingerprint density at radius 2 is 1.83 bits per heavy atom. The highest BCUT2D eigenvalue weighted by molar-refractivity contribution is 6.37. The van der Waals surface area contributed by atoms with E-state index < -0.39 is 16.9 Å². The highest BCUT2D eigenvalue weighted by Gasteiger charge is 2.17. The highest BCUT2D eigenvalue weighted by Crippen LogP contribution is 2.38. The van der Waals surface area contributed by atoms with Gasteiger partial charge in [0.05, 0.1) is 22.8 Å². The summed E-state index contributed by atoms with van der Waals surface area (Å²) < 4.78 is 11.7. The predicted molar refractivity (Wildman–Crippen MR) is 108 cm³/mol. The second-order valence-corrected chi connectivity index (χ2v) is 7.09. The van der Waals surface area contributed by atoms with Gasteiger partial charge in [-0.05, 0) is 18.1 Å². The standard InChI is InChI=1S/C18H14Cl2N6O4/c1-8(2)10-6-14(23-24-17(10)29-3)30-15-11(19)4-9(5-12(15)20)26-18(28)22-16(27)13(7-21)25-26/h4-6,8H,1-3H3,(H,22,27,28). The van der Waals surface area contributed by atoms with Crippen LogP contribution in [0.4, 0.5) is 0 Å². The lowest BCUT2D eigenvalue weighted by molar-refractivity contribution is 0.375. The van der Waals surface area contributed by atoms with Crippen molar-refractivity contribution < 1.29 is 9.47 Å². The first-order valence-electron chi connectivity index (χ1n) is 8.47. The van der Waals surface area contributed by atoms with Crippen molar-refractivity contribution in [2.75, 3.05) is 7.11 Å². The zero-order chi connectivity index (χ0) is 22.0. The van der Waals surface area contributed by atoms with Gasteiger partial charge >= 0.3 is 5.69 Å². The molecule has 0 atom stereocenters. The summed E-state index contributed by atoms with van der Waals surface area (Å²) in [5.41, 5.74) is -1.34. The second kappa shape index (κ2) is 8.52. The SMILES string of the molecule is COc1nnc(Oc2c(Cl)cc(-n3nc(C#N)c(=O)[nH]c3=O)cc2Cl)cc1C(C)C. The first-order chi connectivity index (χ1) is 14.2. The van der Waals surface area contributed by atoms with Crippen LogP contribution in [0, 0.1) is 11.3 Å². The number of rotatable bonds is 5. The molecule has 1 aromatic carbocycles. The van der Waals surface area contributed by atoms with Crippen LogP contribution in [0.15, 0.2) is 27.8 Å². The third-order valence-electron chi connectivity index (χ3n) is 3.95. The van der Waals surface area contributed by atoms with E-state index >= 15 is 0 Å². The third kappa shape index (κ3) is 4.12. The topological polar surface area (TPSA) is 136 Å². The molecule has 0 spiro atoms. The van der Waals surface area contributed by atoms with Crippen molar-refractivity contribution in [1.29, 1.82) is 5.26 Å². The molecule has 3 rings (SSSR count). The lowest BCUT2D eigenvalue weighted by Gasteiger charge is -2.14. The molecule has 0 aliphatic heterocycles. The van der Waals surface area contributed by atoms with Crippen molar-refractivity contribution in [1.82, 2.24) is 25.0 Å². The summed E-state index contributed by atoms with van der Waals surface area (Å²) in [7, 11) is 1.49. The minimum absolute atomic E-state index is 0.0413. The number of methoxy groups -OCH3 is 1. The number of H-pyrrole nitrogens is 1. The number of hydrogen-bond donors (Lipinski definition) is 1. The van der Waals surface area contributed by atoms with E-state index in [-0.39, 0.29) is 33.3 Å². The molecular weight excluding hydrogens is 435 g/mol. The molecule has 2 heterocycles. The van der Waals surface area contributed by atoms with Crippen LogP contribution in [0.2, 0.25) is 10.0 Å². The van der Waals surface area contributed by atoms with Crippen LogP contribution in [0.5, 0.6) is 17.5 Å². The molecule has 30 heavy (non-hydrogen) atoms. The van der Waals surface area contributed by atoms with E-state index in [1.807, 2.05) is 18.8 Å². The quantitative estimate of drug-likeness (QED) is 0.628. The number of nitrogens with one attached hydrogen (secondary N) is 1. The Balaban J connectivity index is 2.03. The van der Waals surface area contributed by atoms with Gasteiger partial charge in [0, 0.05) is 11.6 Å². The molecule has 0 saturated heterocycles. The predicted octanol–water partition coefficient (Wildman–Crippen LogP) is 2.81. The van der Waals surface area contributed by atoms with E-state index in [0.29, 0.717) is 5.88 Å². The summed E-state index contributed by atoms with van der Waals surface area (Å²) >= 11 is 12.6. The summed E-state index contributed by atoms with van der Waals surface area (Å²) in [6.07, 6.45) is 0. The van der Waals surface area contributed by atoms with Gasteiger partial charge in [0.2, 0.25) is 17.5 Å². The molecular formula is C18H14Cl2N6O4. The van der Waals surface area contributed by atoms with Gasteiger partial charge in [-0.15, -0.1) is 15.3 Å². The lowest BCUT2D eigenvalue weighted by atomic mass is 10.1. The first kappa shape index (κ1) is 21.3. The molecule has 0 aliphatic rings. The molecule has 0 aliphatic carbocycles. The normalized spacial score (nSPS) is 10.7. The zero-order valence-electron chi connectivity index (χ0n) is 15.9. The fourth-order valence-electron chi connectivity index (χ4n) is 2.52. The molecule has 0 bridgehead atoms. The van der Waals surface area contributed by atoms with Crippen LogP contribution in [0.1, 0.15) is 31.0 Å². The molecule has 0 amide bonds. The fraction of sp³-hybridized carbons (Fsp3) is 0.222. The van der Waals surface area contributed by atoms with Gasteiger partial charge in [-0.3, -0.25) is 9.78 Å². The summed E-state index contributed by atoms with van der Waals surface area (Å²) in [6, 6.07) is 5.94. The van der Waals surface area contributed by atoms with Crippen LogP contribution in [0.3, 0.4) is 0 Å². The summed E-state index contributed by atoms with van der Waals surface area (Å²) in [5.74, 6) is 0.691. The number of aromatic nitrogens is 5. The fourth-order valence-corrected chi connectivity index (χ4v) is 3.07. The number of nitrogens with zero attached hydrogens (tertiary/aromatic N) is 5. The maximum atomic E-state index is 12.1. The van der Waals surface area contributed by atoms with Crippen molar-refractivity contribution in [2.24, 2.45) is 0 Å². The van der Waals surface area contributed by atoms with Crippen LogP contribution in [-0.2, 0) is 0 Å². The molecule has 10 nitrogen and oxygen atoms in total. The van der Waals surface area contributed by atoms with E-state index in [1.54, 1.807) is 12.1 Å². The van der Waals surface area contributed by atoms with Crippen LogP contribution in [-0.4, -0.2) is 32.1 Å². The third-order valence-corrected chi connectivity index (χ3v) is 4.51. The Kier molecular flexibility index (Phi) is 6.05. The average Bonchev–Trinajstić information content (AvgIpc) is 2.70. The van der Waals surface area contributed by atoms with E-state index in [4.69, 9.17) is 37.9 Å². The number of benzene rings is 1. The van der Waals surface area contributed by atoms with Gasteiger partial charge < -0.3 is 9.47 Å². The maximum absolute atomic E-state index is 12.1. The first-order valence-corrected chi connectivity index (χ1v) is 9.23. The Hall–Kier alpha value is -3.42. The molecule has 0 saturated carbocycles. The lowest BCUT2D eigenvalue weighted by Crippen LogP contribution is -2.33. The van der Waals surface area contributed by atoms with Crippen molar-refractivity contribution in [3.63, 3.8) is 0 Å². The molecule has 0 fully saturated rings. The summed E-state index contributed by atoms with van der Waals surface area (Å²) in [4.78, 5) is 25.6. The van der Waals surface area contributed by atoms with E-state index in [1.165, 1.54) is 19.2 Å². The molecule has 3 aromatic rings. The number of hydrogen-bond acceptors (Lipinski definition) is 8. The highest BCUT2D eigenvalue weighted by atomic mass is 35.5. The van der Waals surface area contributed by atoms with Gasteiger partial charge in [0.1, 0.15) is 6.07 Å². The second-order valence-electron chi connectivity index (χ2n) is 6.27. The Morgan fingerprint density at radius 3 is 2.40 bits per heavy atom. The van der Waals surface area contributed by atoms with Gasteiger partial charge in [-0.2, -0.15) is 9.94 Å². The molecule has 1 N–H and O–H groups in total.